The van der Waals surface area contributed by atoms with Crippen LogP contribution in [0.4, 0.5) is 5.69 Å². The smallest absolute Gasteiger partial charge is 0.258 e. The summed E-state index contributed by atoms with van der Waals surface area (Å²) in [5.41, 5.74) is 2.69. The van der Waals surface area contributed by atoms with E-state index in [1.54, 1.807) is 12.1 Å². The third kappa shape index (κ3) is 3.77. The summed E-state index contributed by atoms with van der Waals surface area (Å²) >= 11 is 0. The summed E-state index contributed by atoms with van der Waals surface area (Å²) in [7, 11) is 0. The lowest BCUT2D eigenvalue weighted by Crippen LogP contribution is -2.34. The normalized spacial score (nSPS) is 13.8. The van der Waals surface area contributed by atoms with Crippen LogP contribution in [0, 0.1) is 0 Å². The van der Waals surface area contributed by atoms with E-state index in [1.807, 2.05) is 43.0 Å². The van der Waals surface area contributed by atoms with Crippen LogP contribution in [-0.2, 0) is 6.54 Å². The third-order valence-electron chi connectivity index (χ3n) is 4.15. The minimum atomic E-state index is -0.0276. The minimum absolute atomic E-state index is 0.0276. The van der Waals surface area contributed by atoms with Crippen LogP contribution in [0.25, 0.3) is 0 Å². The van der Waals surface area contributed by atoms with Gasteiger partial charge in [-0.3, -0.25) is 4.79 Å². The van der Waals surface area contributed by atoms with Crippen LogP contribution in [0.3, 0.4) is 0 Å². The van der Waals surface area contributed by atoms with Crippen LogP contribution in [0.5, 0.6) is 11.5 Å². The summed E-state index contributed by atoms with van der Waals surface area (Å²) in [5.74, 6) is 1.25. The number of nitrogens with one attached hydrogen (secondary N) is 1. The summed E-state index contributed by atoms with van der Waals surface area (Å²) < 4.78 is 11.2. The number of anilines is 1. The molecule has 0 aromatic heterocycles. The number of carbonyl (C=O) groups excluding carboxylic acids is 1. The van der Waals surface area contributed by atoms with Crippen molar-refractivity contribution in [2.75, 3.05) is 31.2 Å². The molecule has 0 spiro atoms. The van der Waals surface area contributed by atoms with E-state index < -0.39 is 0 Å². The molecule has 0 aliphatic carbocycles. The fourth-order valence-electron chi connectivity index (χ4n) is 3.01. The van der Waals surface area contributed by atoms with Gasteiger partial charge in [-0.2, -0.15) is 0 Å². The first-order valence-electron chi connectivity index (χ1n) is 8.74. The summed E-state index contributed by atoms with van der Waals surface area (Å²) in [6, 6.07) is 13.4. The summed E-state index contributed by atoms with van der Waals surface area (Å²) in [6.07, 6.45) is 0. The number of amides is 1. The molecule has 2 aromatic rings. The van der Waals surface area contributed by atoms with Gasteiger partial charge in [0.1, 0.15) is 0 Å². The van der Waals surface area contributed by atoms with E-state index in [0.717, 1.165) is 24.3 Å². The van der Waals surface area contributed by atoms with Gasteiger partial charge in [0.25, 0.3) is 5.91 Å². The molecule has 1 aliphatic rings. The van der Waals surface area contributed by atoms with Crippen molar-refractivity contribution in [1.29, 1.82) is 0 Å². The van der Waals surface area contributed by atoms with Gasteiger partial charge >= 0.3 is 0 Å². The predicted octanol–water partition coefficient (Wildman–Crippen LogP) is 3.23. The van der Waals surface area contributed by atoms with Crippen molar-refractivity contribution in [2.45, 2.75) is 20.4 Å². The Morgan fingerprint density at radius 3 is 2.64 bits per heavy atom. The van der Waals surface area contributed by atoms with Gasteiger partial charge in [0, 0.05) is 30.9 Å². The zero-order valence-electron chi connectivity index (χ0n) is 14.7. The maximum absolute atomic E-state index is 13.1. The molecule has 0 unspecified atom stereocenters. The molecular formula is C20H24N2O3. The highest BCUT2D eigenvalue weighted by molar-refractivity contribution is 6.07. The van der Waals surface area contributed by atoms with Crippen molar-refractivity contribution in [1.82, 2.24) is 5.32 Å². The summed E-state index contributed by atoms with van der Waals surface area (Å²) in [5, 5.41) is 3.36. The predicted molar refractivity (Wildman–Crippen MR) is 98.6 cm³/mol. The van der Waals surface area contributed by atoms with Crippen molar-refractivity contribution >= 4 is 11.6 Å². The van der Waals surface area contributed by atoms with Gasteiger partial charge < -0.3 is 19.7 Å². The fraction of sp³-hybridized carbons (Fsp3) is 0.350. The molecule has 2 aromatic carbocycles. The second kappa shape index (κ2) is 8.03. The molecule has 0 saturated heterocycles. The Hall–Kier alpha value is -2.53. The van der Waals surface area contributed by atoms with Gasteiger partial charge in [0.05, 0.1) is 13.2 Å². The number of hydrogen-bond acceptors (Lipinski definition) is 4. The van der Waals surface area contributed by atoms with Gasteiger partial charge in [-0.25, -0.2) is 0 Å². The first-order valence-corrected chi connectivity index (χ1v) is 8.74. The first-order chi connectivity index (χ1) is 12.2. The van der Waals surface area contributed by atoms with E-state index in [9.17, 15) is 4.79 Å². The molecule has 25 heavy (non-hydrogen) atoms. The lowest BCUT2D eigenvalue weighted by molar-refractivity contribution is 0.0987. The number of fused-ring (bicyclic) bond motifs is 1. The number of carbonyl (C=O) groups is 1. The van der Waals surface area contributed by atoms with Crippen LogP contribution in [-0.4, -0.2) is 32.2 Å². The van der Waals surface area contributed by atoms with Gasteiger partial charge in [-0.05, 0) is 43.7 Å². The zero-order chi connectivity index (χ0) is 17.6. The van der Waals surface area contributed by atoms with E-state index in [2.05, 4.69) is 11.4 Å². The highest BCUT2D eigenvalue weighted by Crippen LogP contribution is 2.30. The van der Waals surface area contributed by atoms with E-state index in [-0.39, 0.29) is 5.91 Å². The maximum Gasteiger partial charge on any atom is 0.258 e. The van der Waals surface area contributed by atoms with Gasteiger partial charge in [-0.15, -0.1) is 0 Å². The van der Waals surface area contributed by atoms with Crippen LogP contribution < -0.4 is 19.7 Å². The van der Waals surface area contributed by atoms with Crippen LogP contribution in [0.15, 0.2) is 42.5 Å². The van der Waals surface area contributed by atoms with Crippen molar-refractivity contribution in [3.63, 3.8) is 0 Å². The van der Waals surface area contributed by atoms with E-state index in [0.29, 0.717) is 36.8 Å². The summed E-state index contributed by atoms with van der Waals surface area (Å²) in [4.78, 5) is 15.0. The number of benzene rings is 2. The number of ether oxygens (including phenoxy) is 2. The SMILES string of the molecule is CCOc1ccc(C(=O)N2CCNCc3ccccc32)cc1OCC. The zero-order valence-corrected chi connectivity index (χ0v) is 14.7. The maximum atomic E-state index is 13.1. The molecule has 0 radical (unpaired) electrons. The molecule has 3 rings (SSSR count). The second-order valence-corrected chi connectivity index (χ2v) is 5.79. The first kappa shape index (κ1) is 17.3. The monoisotopic (exact) mass is 340 g/mol. The highest BCUT2D eigenvalue weighted by Gasteiger charge is 2.23. The standard InChI is InChI=1S/C20H24N2O3/c1-3-24-18-10-9-15(13-19(18)25-4-2)20(23)22-12-11-21-14-16-7-5-6-8-17(16)22/h5-10,13,21H,3-4,11-12,14H2,1-2H3. The molecule has 0 fully saturated rings. The highest BCUT2D eigenvalue weighted by atomic mass is 16.5. The Morgan fingerprint density at radius 1 is 1.08 bits per heavy atom. The molecular weight excluding hydrogens is 316 g/mol. The Morgan fingerprint density at radius 2 is 1.84 bits per heavy atom. The summed E-state index contributed by atoms with van der Waals surface area (Å²) in [6.45, 7) is 7.08. The minimum Gasteiger partial charge on any atom is -0.490 e. The molecule has 0 atom stereocenters. The van der Waals surface area contributed by atoms with E-state index in [1.165, 1.54) is 0 Å². The van der Waals surface area contributed by atoms with Crippen molar-refractivity contribution < 1.29 is 14.3 Å². The third-order valence-corrected chi connectivity index (χ3v) is 4.15. The second-order valence-electron chi connectivity index (χ2n) is 5.79. The lowest BCUT2D eigenvalue weighted by atomic mass is 10.1. The van der Waals surface area contributed by atoms with Gasteiger partial charge in [-0.1, -0.05) is 18.2 Å². The largest absolute Gasteiger partial charge is 0.490 e. The number of rotatable bonds is 5. The fourth-order valence-corrected chi connectivity index (χ4v) is 3.01. The number of nitrogens with zero attached hydrogens (tertiary/aromatic N) is 1. The quantitative estimate of drug-likeness (QED) is 0.908. The molecule has 5 nitrogen and oxygen atoms in total. The van der Waals surface area contributed by atoms with Crippen molar-refractivity contribution in [3.05, 3.63) is 53.6 Å². The molecule has 132 valence electrons. The van der Waals surface area contributed by atoms with E-state index in [4.69, 9.17) is 9.47 Å². The average molecular weight is 340 g/mol. The van der Waals surface area contributed by atoms with Crippen LogP contribution >= 0.6 is 0 Å². The Labute approximate surface area is 148 Å². The molecule has 1 amide bonds. The Balaban J connectivity index is 1.94. The molecule has 0 bridgehead atoms. The van der Waals surface area contributed by atoms with Crippen LogP contribution in [0.1, 0.15) is 29.8 Å². The molecule has 5 heteroatoms. The molecule has 1 N–H and O–H groups in total. The number of hydrogen-bond donors (Lipinski definition) is 1. The molecule has 1 aliphatic heterocycles. The number of para-hydroxylation sites is 1. The van der Waals surface area contributed by atoms with Gasteiger partial charge in [0.2, 0.25) is 0 Å². The van der Waals surface area contributed by atoms with Crippen LogP contribution in [0.2, 0.25) is 0 Å². The topological polar surface area (TPSA) is 50.8 Å². The lowest BCUT2D eigenvalue weighted by Gasteiger charge is -2.23. The van der Waals surface area contributed by atoms with Gasteiger partial charge in [0.15, 0.2) is 11.5 Å². The average Bonchev–Trinajstić information content (AvgIpc) is 2.85. The van der Waals surface area contributed by atoms with E-state index >= 15 is 0 Å². The van der Waals surface area contributed by atoms with Crippen molar-refractivity contribution in [3.8, 4) is 11.5 Å². The Kier molecular flexibility index (Phi) is 5.56. The molecule has 0 saturated carbocycles. The Bertz CT molecular complexity index is 745. The molecule has 1 heterocycles. The van der Waals surface area contributed by atoms with Crippen molar-refractivity contribution in [2.24, 2.45) is 0 Å².